The van der Waals surface area contributed by atoms with Gasteiger partial charge in [0.25, 0.3) is 0 Å². The van der Waals surface area contributed by atoms with Gasteiger partial charge in [0.15, 0.2) is 0 Å². The van der Waals surface area contributed by atoms with Gasteiger partial charge in [-0.15, -0.1) is 0 Å². The number of carbonyl (C=O) groups excluding carboxylic acids is 2. The van der Waals surface area contributed by atoms with Gasteiger partial charge in [-0.25, -0.2) is 4.39 Å². The summed E-state index contributed by atoms with van der Waals surface area (Å²) in [5.74, 6) is -0.300. The highest BCUT2D eigenvalue weighted by atomic mass is 19.1. The molecule has 2 fully saturated rings. The van der Waals surface area contributed by atoms with Gasteiger partial charge in [0.2, 0.25) is 11.8 Å². The van der Waals surface area contributed by atoms with Gasteiger partial charge in [0.1, 0.15) is 11.6 Å². The van der Waals surface area contributed by atoms with Crippen LogP contribution < -0.4 is 15.0 Å². The van der Waals surface area contributed by atoms with Crippen molar-refractivity contribution in [2.45, 2.75) is 12.5 Å². The van der Waals surface area contributed by atoms with E-state index in [1.54, 1.807) is 29.0 Å². The second-order valence-electron chi connectivity index (χ2n) is 7.38. The van der Waals surface area contributed by atoms with Gasteiger partial charge in [-0.1, -0.05) is 24.3 Å². The molecule has 6 nitrogen and oxygen atoms in total. The first kappa shape index (κ1) is 19.4. The fourth-order valence-corrected chi connectivity index (χ4v) is 4.17. The van der Waals surface area contributed by atoms with Crippen molar-refractivity contribution >= 4 is 17.5 Å². The number of hydrogen-bond acceptors (Lipinski definition) is 4. The van der Waals surface area contributed by atoms with Crippen LogP contribution in [0.15, 0.2) is 48.5 Å². The van der Waals surface area contributed by atoms with Crippen molar-refractivity contribution in [3.63, 3.8) is 0 Å². The van der Waals surface area contributed by atoms with Crippen molar-refractivity contribution < 1.29 is 18.7 Å². The molecule has 2 aliphatic rings. The zero-order valence-corrected chi connectivity index (χ0v) is 16.3. The summed E-state index contributed by atoms with van der Waals surface area (Å²) in [7, 11) is 1.56. The molecular weight excluding hydrogens is 373 g/mol. The van der Waals surface area contributed by atoms with Crippen molar-refractivity contribution in [3.8, 4) is 5.75 Å². The Balaban J connectivity index is 1.55. The quantitative estimate of drug-likeness (QED) is 0.861. The summed E-state index contributed by atoms with van der Waals surface area (Å²) >= 11 is 0. The number of ether oxygens (including phenoxy) is 1. The number of amides is 2. The van der Waals surface area contributed by atoms with Crippen LogP contribution in [0.25, 0.3) is 0 Å². The first-order valence-corrected chi connectivity index (χ1v) is 9.78. The van der Waals surface area contributed by atoms with E-state index in [9.17, 15) is 14.0 Å². The second kappa shape index (κ2) is 8.21. The van der Waals surface area contributed by atoms with E-state index in [4.69, 9.17) is 4.74 Å². The molecule has 2 amide bonds. The largest absolute Gasteiger partial charge is 0.495 e. The molecule has 2 atom stereocenters. The number of hydrogen-bond donors (Lipinski definition) is 1. The summed E-state index contributed by atoms with van der Waals surface area (Å²) in [5.41, 5.74) is 1.44. The molecule has 0 aliphatic carbocycles. The Bertz CT molecular complexity index is 920. The Kier molecular flexibility index (Phi) is 5.49. The van der Waals surface area contributed by atoms with Crippen LogP contribution in [0.3, 0.4) is 0 Å². The first-order chi connectivity index (χ1) is 14.1. The SMILES string of the molecule is COc1ccccc1N1CC(C(=O)N2CCNCC2c2cccc(F)c2)CC1=O. The lowest BCUT2D eigenvalue weighted by Crippen LogP contribution is -2.50. The highest BCUT2D eigenvalue weighted by molar-refractivity contribution is 6.01. The number of anilines is 1. The van der Waals surface area contributed by atoms with Crippen molar-refractivity contribution in [3.05, 3.63) is 59.9 Å². The molecule has 2 aromatic carbocycles. The van der Waals surface area contributed by atoms with Crippen LogP contribution in [-0.4, -0.2) is 50.0 Å². The average Bonchev–Trinajstić information content (AvgIpc) is 3.14. The number of piperazine rings is 1. The van der Waals surface area contributed by atoms with Gasteiger partial charge in [0.05, 0.1) is 24.8 Å². The molecular formula is C22H24FN3O3. The lowest BCUT2D eigenvalue weighted by Gasteiger charge is -2.38. The van der Waals surface area contributed by atoms with Crippen LogP contribution in [0.5, 0.6) is 5.75 Å². The maximum Gasteiger partial charge on any atom is 0.228 e. The van der Waals surface area contributed by atoms with Gasteiger partial charge in [-0.2, -0.15) is 0 Å². The molecule has 2 unspecified atom stereocenters. The molecule has 2 aliphatic heterocycles. The van der Waals surface area contributed by atoms with Crippen LogP contribution in [-0.2, 0) is 9.59 Å². The third-order valence-electron chi connectivity index (χ3n) is 5.61. The monoisotopic (exact) mass is 397 g/mol. The van der Waals surface area contributed by atoms with E-state index in [1.807, 2.05) is 24.3 Å². The predicted octanol–water partition coefficient (Wildman–Crippen LogP) is 2.36. The van der Waals surface area contributed by atoms with Gasteiger partial charge in [-0.3, -0.25) is 9.59 Å². The predicted molar refractivity (Wildman–Crippen MR) is 107 cm³/mol. The lowest BCUT2D eigenvalue weighted by atomic mass is 9.99. The maximum atomic E-state index is 13.7. The van der Waals surface area contributed by atoms with Gasteiger partial charge in [0, 0.05) is 32.6 Å². The van der Waals surface area contributed by atoms with E-state index < -0.39 is 5.92 Å². The Morgan fingerprint density at radius 1 is 1.21 bits per heavy atom. The summed E-state index contributed by atoms with van der Waals surface area (Å²) in [6, 6.07) is 13.4. The van der Waals surface area contributed by atoms with Crippen molar-refractivity contribution in [2.75, 3.05) is 38.2 Å². The summed E-state index contributed by atoms with van der Waals surface area (Å²) in [6.07, 6.45) is 0.163. The molecule has 4 rings (SSSR count). The normalized spacial score (nSPS) is 22.1. The Hall–Kier alpha value is -2.93. The van der Waals surface area contributed by atoms with Crippen molar-refractivity contribution in [1.82, 2.24) is 10.2 Å². The Morgan fingerprint density at radius 2 is 2.03 bits per heavy atom. The number of halogens is 1. The highest BCUT2D eigenvalue weighted by Crippen LogP contribution is 2.34. The van der Waals surface area contributed by atoms with Crippen LogP contribution in [0.2, 0.25) is 0 Å². The van der Waals surface area contributed by atoms with Crippen LogP contribution in [0, 0.1) is 11.7 Å². The van der Waals surface area contributed by atoms with Gasteiger partial charge >= 0.3 is 0 Å². The first-order valence-electron chi connectivity index (χ1n) is 9.78. The molecule has 7 heteroatoms. The van der Waals surface area contributed by atoms with Crippen LogP contribution in [0.1, 0.15) is 18.0 Å². The third-order valence-corrected chi connectivity index (χ3v) is 5.61. The number of rotatable bonds is 4. The molecule has 2 aromatic rings. The number of benzene rings is 2. The van der Waals surface area contributed by atoms with Crippen molar-refractivity contribution in [2.24, 2.45) is 5.92 Å². The maximum absolute atomic E-state index is 13.7. The van der Waals surface area contributed by atoms with E-state index in [-0.39, 0.29) is 30.1 Å². The lowest BCUT2D eigenvalue weighted by molar-refractivity contribution is -0.139. The summed E-state index contributed by atoms with van der Waals surface area (Å²) in [4.78, 5) is 29.4. The van der Waals surface area contributed by atoms with E-state index in [0.717, 1.165) is 5.56 Å². The number of methoxy groups -OCH3 is 1. The second-order valence-corrected chi connectivity index (χ2v) is 7.38. The van der Waals surface area contributed by atoms with Crippen molar-refractivity contribution in [1.29, 1.82) is 0 Å². The Morgan fingerprint density at radius 3 is 2.83 bits per heavy atom. The zero-order valence-electron chi connectivity index (χ0n) is 16.3. The van der Waals surface area contributed by atoms with Gasteiger partial charge < -0.3 is 19.9 Å². The summed E-state index contributed by atoms with van der Waals surface area (Å²) < 4.78 is 19.1. The molecule has 0 bridgehead atoms. The van der Waals surface area contributed by atoms with Gasteiger partial charge in [-0.05, 0) is 29.8 Å². The van der Waals surface area contributed by atoms with Crippen LogP contribution in [0.4, 0.5) is 10.1 Å². The molecule has 152 valence electrons. The van der Waals surface area contributed by atoms with E-state index >= 15 is 0 Å². The van der Waals surface area contributed by atoms with Crippen LogP contribution >= 0.6 is 0 Å². The summed E-state index contributed by atoms with van der Waals surface area (Å²) in [5, 5.41) is 3.28. The number of nitrogens with one attached hydrogen (secondary N) is 1. The van der Waals surface area contributed by atoms with E-state index in [2.05, 4.69) is 5.32 Å². The topological polar surface area (TPSA) is 61.9 Å². The smallest absolute Gasteiger partial charge is 0.228 e. The zero-order chi connectivity index (χ0) is 20.4. The molecule has 2 saturated heterocycles. The van der Waals surface area contributed by atoms with E-state index in [1.165, 1.54) is 12.1 Å². The van der Waals surface area contributed by atoms with E-state index in [0.29, 0.717) is 37.6 Å². The molecule has 0 aromatic heterocycles. The number of carbonyl (C=O) groups is 2. The minimum atomic E-state index is -0.429. The molecule has 2 heterocycles. The standard InChI is InChI=1S/C22H24FN3O3/c1-29-20-8-3-2-7-18(20)26-14-16(12-21(26)27)22(28)25-10-9-24-13-19(25)15-5-4-6-17(23)11-15/h2-8,11,16,19,24H,9-10,12-14H2,1H3. The minimum absolute atomic E-state index is 0.0634. The number of nitrogens with zero attached hydrogens (tertiary/aromatic N) is 2. The summed E-state index contributed by atoms with van der Waals surface area (Å²) in [6.45, 7) is 2.08. The Labute approximate surface area is 169 Å². The fourth-order valence-electron chi connectivity index (χ4n) is 4.17. The number of para-hydroxylation sites is 2. The highest BCUT2D eigenvalue weighted by Gasteiger charge is 2.40. The molecule has 29 heavy (non-hydrogen) atoms. The fraction of sp³-hybridized carbons (Fsp3) is 0.364. The third kappa shape index (κ3) is 3.82. The molecule has 0 saturated carbocycles. The molecule has 1 N–H and O–H groups in total. The molecule has 0 radical (unpaired) electrons. The minimum Gasteiger partial charge on any atom is -0.495 e. The molecule has 0 spiro atoms. The average molecular weight is 397 g/mol.